The summed E-state index contributed by atoms with van der Waals surface area (Å²) in [6.07, 6.45) is -8.92. The number of nitriles is 1. The van der Waals surface area contributed by atoms with Crippen molar-refractivity contribution in [1.82, 2.24) is 9.97 Å². The highest BCUT2D eigenvalue weighted by molar-refractivity contribution is 6.30. The van der Waals surface area contributed by atoms with Crippen molar-refractivity contribution in [1.29, 1.82) is 5.26 Å². The molecule has 1 unspecified atom stereocenters. The fourth-order valence-corrected chi connectivity index (χ4v) is 4.48. The standard InChI is InChI=1S/C25H19ClF6N6O/c26-14-4-1-3-13(9-14)19-10-18(24(27,28)29)17(11-33)23(36-19)38-8-2-5-15(12-38)35-20-7-6-16(22(34)37-20)21(39)25(30,31)32/h1,3-4,6-7,9-10,15H,2,5,8,12H2,(H3,34,35,37). The Morgan fingerprint density at radius 2 is 1.87 bits per heavy atom. The topological polar surface area (TPSA) is 108 Å². The van der Waals surface area contributed by atoms with Crippen LogP contribution < -0.4 is 16.0 Å². The van der Waals surface area contributed by atoms with E-state index >= 15 is 0 Å². The van der Waals surface area contributed by atoms with Crippen LogP contribution in [-0.2, 0) is 6.18 Å². The van der Waals surface area contributed by atoms with Crippen LogP contribution in [0.5, 0.6) is 0 Å². The van der Waals surface area contributed by atoms with E-state index in [2.05, 4.69) is 15.3 Å². The van der Waals surface area contributed by atoms with Gasteiger partial charge in [0.25, 0.3) is 5.78 Å². The van der Waals surface area contributed by atoms with Crippen LogP contribution in [-0.4, -0.2) is 41.1 Å². The van der Waals surface area contributed by atoms with Crippen molar-refractivity contribution in [2.24, 2.45) is 0 Å². The summed E-state index contributed by atoms with van der Waals surface area (Å²) in [5.74, 6) is -2.83. The van der Waals surface area contributed by atoms with Gasteiger partial charge in [0.05, 0.1) is 16.8 Å². The minimum Gasteiger partial charge on any atom is -0.383 e. The maximum absolute atomic E-state index is 14.0. The maximum atomic E-state index is 14.0. The predicted molar refractivity (Wildman–Crippen MR) is 132 cm³/mol. The molecule has 1 saturated heterocycles. The molecule has 0 saturated carbocycles. The largest absolute Gasteiger partial charge is 0.455 e. The van der Waals surface area contributed by atoms with Crippen molar-refractivity contribution in [2.75, 3.05) is 29.0 Å². The van der Waals surface area contributed by atoms with Crippen molar-refractivity contribution >= 4 is 34.8 Å². The van der Waals surface area contributed by atoms with E-state index in [9.17, 15) is 36.4 Å². The van der Waals surface area contributed by atoms with E-state index in [4.69, 9.17) is 17.3 Å². The first kappa shape index (κ1) is 28.0. The molecule has 3 heterocycles. The van der Waals surface area contributed by atoms with Gasteiger partial charge >= 0.3 is 12.4 Å². The summed E-state index contributed by atoms with van der Waals surface area (Å²) in [7, 11) is 0. The van der Waals surface area contributed by atoms with Crippen LogP contribution in [0, 0.1) is 11.3 Å². The van der Waals surface area contributed by atoms with Crippen molar-refractivity contribution in [3.63, 3.8) is 0 Å². The number of carbonyl (C=O) groups excluding carboxylic acids is 1. The van der Waals surface area contributed by atoms with Gasteiger partial charge in [-0.3, -0.25) is 4.79 Å². The molecule has 1 aliphatic rings. The Labute approximate surface area is 223 Å². The summed E-state index contributed by atoms with van der Waals surface area (Å²) < 4.78 is 80.2. The lowest BCUT2D eigenvalue weighted by molar-refractivity contribution is -0.137. The fraction of sp³-hybridized carbons (Fsp3) is 0.280. The number of nitrogens with zero attached hydrogens (tertiary/aromatic N) is 4. The van der Waals surface area contributed by atoms with Crippen LogP contribution >= 0.6 is 11.6 Å². The minimum absolute atomic E-state index is 0.0201. The number of aromatic nitrogens is 2. The second kappa shape index (κ2) is 10.6. The number of anilines is 3. The van der Waals surface area contributed by atoms with Crippen LogP contribution in [0.15, 0.2) is 42.5 Å². The number of nitrogens with one attached hydrogen (secondary N) is 1. The monoisotopic (exact) mass is 568 g/mol. The zero-order valence-electron chi connectivity index (χ0n) is 19.9. The smallest absolute Gasteiger partial charge is 0.383 e. The third-order valence-electron chi connectivity index (χ3n) is 6.04. The summed E-state index contributed by atoms with van der Waals surface area (Å²) >= 11 is 6.02. The van der Waals surface area contributed by atoms with E-state index in [1.807, 2.05) is 0 Å². The van der Waals surface area contributed by atoms with Gasteiger partial charge in [-0.15, -0.1) is 0 Å². The zero-order chi connectivity index (χ0) is 28.5. The Morgan fingerprint density at radius 3 is 2.49 bits per heavy atom. The van der Waals surface area contributed by atoms with Crippen LogP contribution in [0.1, 0.15) is 34.3 Å². The summed E-state index contributed by atoms with van der Waals surface area (Å²) in [6.45, 7) is 0.396. The summed E-state index contributed by atoms with van der Waals surface area (Å²) in [6, 6.07) is 10.2. The van der Waals surface area contributed by atoms with Gasteiger partial charge in [-0.2, -0.15) is 31.6 Å². The lowest BCUT2D eigenvalue weighted by Gasteiger charge is -2.35. The van der Waals surface area contributed by atoms with E-state index in [0.29, 0.717) is 30.0 Å². The van der Waals surface area contributed by atoms with E-state index in [0.717, 1.165) is 18.2 Å². The molecular weight excluding hydrogens is 550 g/mol. The van der Waals surface area contributed by atoms with Crippen molar-refractivity contribution in [3.8, 4) is 17.3 Å². The highest BCUT2D eigenvalue weighted by Gasteiger charge is 2.41. The molecule has 1 fully saturated rings. The van der Waals surface area contributed by atoms with E-state index in [1.165, 1.54) is 11.0 Å². The number of alkyl halides is 6. The summed E-state index contributed by atoms with van der Waals surface area (Å²) in [5.41, 5.74) is 3.32. The molecule has 1 aromatic carbocycles. The highest BCUT2D eigenvalue weighted by Crippen LogP contribution is 2.39. The van der Waals surface area contributed by atoms with E-state index in [1.54, 1.807) is 24.3 Å². The van der Waals surface area contributed by atoms with Crippen molar-refractivity contribution in [2.45, 2.75) is 31.2 Å². The molecule has 7 nitrogen and oxygen atoms in total. The molecule has 0 amide bonds. The summed E-state index contributed by atoms with van der Waals surface area (Å²) in [5, 5.41) is 13.0. The number of hydrogen-bond acceptors (Lipinski definition) is 7. The van der Waals surface area contributed by atoms with Gasteiger partial charge in [0, 0.05) is 29.7 Å². The second-order valence-corrected chi connectivity index (χ2v) is 9.20. The molecule has 1 atom stereocenters. The number of Topliss-reactive ketones (excluding diaryl/α,β-unsaturated/α-hetero) is 1. The van der Waals surface area contributed by atoms with Crippen LogP contribution in [0.4, 0.5) is 43.8 Å². The zero-order valence-corrected chi connectivity index (χ0v) is 20.6. The number of nitrogens with two attached hydrogens (primary N) is 1. The normalized spacial score (nSPS) is 16.1. The highest BCUT2D eigenvalue weighted by atomic mass is 35.5. The Bertz CT molecular complexity index is 1450. The molecule has 3 N–H and O–H groups in total. The third-order valence-corrected chi connectivity index (χ3v) is 6.27. The van der Waals surface area contributed by atoms with Gasteiger partial charge < -0.3 is 16.0 Å². The van der Waals surface area contributed by atoms with E-state index < -0.39 is 46.7 Å². The lowest BCUT2D eigenvalue weighted by atomic mass is 10.0. The molecule has 0 radical (unpaired) electrons. The van der Waals surface area contributed by atoms with Crippen LogP contribution in [0.3, 0.4) is 0 Å². The Balaban J connectivity index is 1.65. The number of ketones is 1. The van der Waals surface area contributed by atoms with Crippen LogP contribution in [0.2, 0.25) is 5.02 Å². The van der Waals surface area contributed by atoms with Gasteiger partial charge in [0.2, 0.25) is 0 Å². The number of piperidine rings is 1. The van der Waals surface area contributed by atoms with Crippen LogP contribution in [0.25, 0.3) is 11.3 Å². The van der Waals surface area contributed by atoms with Gasteiger partial charge in [0.15, 0.2) is 0 Å². The Morgan fingerprint density at radius 1 is 1.13 bits per heavy atom. The molecule has 0 bridgehead atoms. The van der Waals surface area contributed by atoms with E-state index in [-0.39, 0.29) is 23.9 Å². The molecule has 39 heavy (non-hydrogen) atoms. The number of benzene rings is 1. The third kappa shape index (κ3) is 6.17. The van der Waals surface area contributed by atoms with Crippen molar-refractivity contribution in [3.05, 3.63) is 64.2 Å². The molecule has 1 aliphatic heterocycles. The minimum atomic E-state index is -5.12. The Hall–Kier alpha value is -4.05. The average molecular weight is 569 g/mol. The van der Waals surface area contributed by atoms with Gasteiger partial charge in [-0.05, 0) is 43.2 Å². The average Bonchev–Trinajstić information content (AvgIpc) is 2.86. The molecular formula is C25H19ClF6N6O. The van der Waals surface area contributed by atoms with Gasteiger partial charge in [-0.25, -0.2) is 9.97 Å². The first-order valence-corrected chi connectivity index (χ1v) is 11.8. The molecule has 0 aliphatic carbocycles. The first-order valence-electron chi connectivity index (χ1n) is 11.5. The maximum Gasteiger partial charge on any atom is 0.455 e. The molecule has 14 heteroatoms. The quantitative estimate of drug-likeness (QED) is 0.283. The number of halogens is 7. The van der Waals surface area contributed by atoms with Gasteiger partial charge in [-0.1, -0.05) is 23.7 Å². The molecule has 2 aromatic heterocycles. The predicted octanol–water partition coefficient (Wildman–Crippen LogP) is 6.10. The lowest BCUT2D eigenvalue weighted by Crippen LogP contribution is -2.43. The van der Waals surface area contributed by atoms with Gasteiger partial charge in [0.1, 0.15) is 29.1 Å². The number of hydrogen-bond donors (Lipinski definition) is 2. The van der Waals surface area contributed by atoms with Crippen molar-refractivity contribution < 1.29 is 31.1 Å². The Kier molecular flexibility index (Phi) is 7.61. The summed E-state index contributed by atoms with van der Waals surface area (Å²) in [4.78, 5) is 21.3. The molecule has 4 rings (SSSR count). The number of rotatable bonds is 5. The molecule has 0 spiro atoms. The number of pyridine rings is 2. The molecule has 3 aromatic rings. The first-order chi connectivity index (χ1) is 18.3. The SMILES string of the molecule is N#Cc1c(C(F)(F)F)cc(-c2cccc(Cl)c2)nc1N1CCCC(Nc2ccc(C(=O)C(F)(F)F)c(N)n2)C1. The number of nitrogen functional groups attached to an aromatic ring is 1. The fourth-order valence-electron chi connectivity index (χ4n) is 4.29. The number of carbonyl (C=O) groups is 1. The molecule has 204 valence electrons. The second-order valence-electron chi connectivity index (χ2n) is 8.76.